The largest absolute Gasteiger partial charge is 0.378 e. The number of nitrogens with zero attached hydrogens (tertiary/aromatic N) is 4. The summed E-state index contributed by atoms with van der Waals surface area (Å²) in [5.74, 6) is 0.235. The van der Waals surface area contributed by atoms with Crippen molar-refractivity contribution in [1.29, 1.82) is 0 Å². The topological polar surface area (TPSA) is 86.3 Å². The van der Waals surface area contributed by atoms with Gasteiger partial charge in [-0.2, -0.15) is 0 Å². The second-order valence-electron chi connectivity index (χ2n) is 7.67. The van der Waals surface area contributed by atoms with Crippen LogP contribution in [0.1, 0.15) is 5.56 Å². The summed E-state index contributed by atoms with van der Waals surface area (Å²) >= 11 is 0. The number of aromatic nitrogens is 3. The Morgan fingerprint density at radius 3 is 2.52 bits per heavy atom. The Bertz CT molecular complexity index is 1310. The quantitative estimate of drug-likeness (QED) is 0.555. The molecule has 0 saturated carbocycles. The van der Waals surface area contributed by atoms with E-state index in [1.54, 1.807) is 10.8 Å². The van der Waals surface area contributed by atoms with E-state index in [2.05, 4.69) is 27.0 Å². The van der Waals surface area contributed by atoms with Crippen molar-refractivity contribution in [3.05, 3.63) is 76.8 Å². The highest BCUT2D eigenvalue weighted by molar-refractivity contribution is 5.85. The fraction of sp³-hybridized carbons (Fsp3) is 0.208. The van der Waals surface area contributed by atoms with Gasteiger partial charge in [-0.3, -0.25) is 9.36 Å². The number of morpholine rings is 1. The summed E-state index contributed by atoms with van der Waals surface area (Å²) < 4.78 is 7.12. The number of benzene rings is 2. The van der Waals surface area contributed by atoms with Crippen molar-refractivity contribution >= 4 is 22.5 Å². The Balaban J connectivity index is 1.54. The Morgan fingerprint density at radius 2 is 1.74 bits per heavy atom. The average molecular weight is 413 g/mol. The Morgan fingerprint density at radius 1 is 1.00 bits per heavy atom. The van der Waals surface area contributed by atoms with Gasteiger partial charge in [-0.05, 0) is 60.5 Å². The number of nitrogens with two attached hydrogens (primary N) is 1. The third-order valence-electron chi connectivity index (χ3n) is 5.69. The highest BCUT2D eigenvalue weighted by Gasteiger charge is 2.14. The van der Waals surface area contributed by atoms with Gasteiger partial charge in [0.1, 0.15) is 0 Å². The molecular weight excluding hydrogens is 390 g/mol. The highest BCUT2D eigenvalue weighted by atomic mass is 16.5. The van der Waals surface area contributed by atoms with Crippen LogP contribution in [0.4, 0.5) is 11.6 Å². The van der Waals surface area contributed by atoms with E-state index in [9.17, 15) is 4.79 Å². The van der Waals surface area contributed by atoms with Gasteiger partial charge in [0.25, 0.3) is 5.56 Å². The minimum Gasteiger partial charge on any atom is -0.378 e. The molecule has 31 heavy (non-hydrogen) atoms. The van der Waals surface area contributed by atoms with Crippen LogP contribution in [0.25, 0.3) is 27.7 Å². The zero-order valence-corrected chi connectivity index (χ0v) is 17.3. The van der Waals surface area contributed by atoms with Crippen molar-refractivity contribution in [3.63, 3.8) is 0 Å². The average Bonchev–Trinajstić information content (AvgIpc) is 2.80. The zero-order chi connectivity index (χ0) is 21.4. The highest BCUT2D eigenvalue weighted by Crippen LogP contribution is 2.25. The minimum absolute atomic E-state index is 0.0603. The molecule has 1 saturated heterocycles. The summed E-state index contributed by atoms with van der Waals surface area (Å²) in [7, 11) is 0. The number of hydrogen-bond donors (Lipinski definition) is 1. The van der Waals surface area contributed by atoms with E-state index in [0.29, 0.717) is 5.56 Å². The van der Waals surface area contributed by atoms with E-state index in [1.807, 2.05) is 49.5 Å². The molecule has 7 nitrogen and oxygen atoms in total. The SMILES string of the molecule is Cc1ccn(-c2ccc(N3CCOCC3)cc2)c(=O)c1-c1ccc2nc(N)ncc2c1. The summed E-state index contributed by atoms with van der Waals surface area (Å²) in [4.78, 5) is 24.1. The van der Waals surface area contributed by atoms with Gasteiger partial charge < -0.3 is 15.4 Å². The number of aryl methyl sites for hydroxylation is 1. The molecule has 0 bridgehead atoms. The number of anilines is 2. The second kappa shape index (κ2) is 7.85. The van der Waals surface area contributed by atoms with Gasteiger partial charge in [-0.15, -0.1) is 0 Å². The lowest BCUT2D eigenvalue weighted by Crippen LogP contribution is -2.36. The molecule has 5 rings (SSSR count). The van der Waals surface area contributed by atoms with E-state index in [1.165, 1.54) is 0 Å². The maximum Gasteiger partial charge on any atom is 0.263 e. The first-order chi connectivity index (χ1) is 15.1. The maximum absolute atomic E-state index is 13.5. The molecule has 2 aromatic heterocycles. The summed E-state index contributed by atoms with van der Waals surface area (Å²) in [5, 5.41) is 0.843. The first-order valence-electron chi connectivity index (χ1n) is 10.3. The second-order valence-corrected chi connectivity index (χ2v) is 7.67. The molecule has 1 aliphatic heterocycles. The summed E-state index contributed by atoms with van der Waals surface area (Å²) in [6.45, 7) is 5.20. The first kappa shape index (κ1) is 19.3. The van der Waals surface area contributed by atoms with Gasteiger partial charge in [-0.1, -0.05) is 6.07 Å². The van der Waals surface area contributed by atoms with E-state index < -0.39 is 0 Å². The van der Waals surface area contributed by atoms with Crippen molar-refractivity contribution in [2.45, 2.75) is 6.92 Å². The fourth-order valence-corrected chi connectivity index (χ4v) is 4.03. The smallest absolute Gasteiger partial charge is 0.263 e. The molecule has 0 radical (unpaired) electrons. The van der Waals surface area contributed by atoms with Crippen LogP contribution >= 0.6 is 0 Å². The number of rotatable bonds is 3. The Labute approximate surface area is 179 Å². The molecule has 0 aliphatic carbocycles. The number of pyridine rings is 1. The number of ether oxygens (including phenoxy) is 1. The predicted octanol–water partition coefficient (Wildman–Crippen LogP) is 3.17. The molecule has 0 amide bonds. The van der Waals surface area contributed by atoms with E-state index >= 15 is 0 Å². The summed E-state index contributed by atoms with van der Waals surface area (Å²) in [6.07, 6.45) is 3.51. The van der Waals surface area contributed by atoms with Crippen LogP contribution in [0, 0.1) is 6.92 Å². The molecule has 1 aliphatic rings. The number of fused-ring (bicyclic) bond motifs is 1. The minimum atomic E-state index is -0.0603. The van der Waals surface area contributed by atoms with Crippen LogP contribution < -0.4 is 16.2 Å². The van der Waals surface area contributed by atoms with E-state index in [0.717, 1.165) is 59.7 Å². The molecule has 0 spiro atoms. The molecule has 0 atom stereocenters. The molecule has 4 aromatic rings. The van der Waals surface area contributed by atoms with Crippen molar-refractivity contribution in [2.24, 2.45) is 0 Å². The predicted molar refractivity (Wildman–Crippen MR) is 123 cm³/mol. The van der Waals surface area contributed by atoms with Gasteiger partial charge in [0.05, 0.1) is 24.3 Å². The molecular formula is C24H23N5O2. The van der Waals surface area contributed by atoms with Crippen LogP contribution in [-0.4, -0.2) is 40.8 Å². The van der Waals surface area contributed by atoms with Gasteiger partial charge >= 0.3 is 0 Å². The third kappa shape index (κ3) is 3.64. The van der Waals surface area contributed by atoms with Crippen molar-refractivity contribution in [2.75, 3.05) is 36.9 Å². The van der Waals surface area contributed by atoms with Crippen LogP contribution in [0.15, 0.2) is 65.7 Å². The van der Waals surface area contributed by atoms with Gasteiger partial charge in [0, 0.05) is 42.2 Å². The third-order valence-corrected chi connectivity index (χ3v) is 5.69. The fourth-order valence-electron chi connectivity index (χ4n) is 4.03. The van der Waals surface area contributed by atoms with Crippen LogP contribution in [-0.2, 0) is 4.74 Å². The Hall–Kier alpha value is -3.71. The molecule has 156 valence electrons. The first-order valence-corrected chi connectivity index (χ1v) is 10.3. The lowest BCUT2D eigenvalue weighted by Gasteiger charge is -2.29. The van der Waals surface area contributed by atoms with Crippen molar-refractivity contribution in [1.82, 2.24) is 14.5 Å². The normalized spacial score (nSPS) is 14.2. The van der Waals surface area contributed by atoms with Gasteiger partial charge in [0.15, 0.2) is 0 Å². The Kier molecular flexibility index (Phi) is 4.88. The monoisotopic (exact) mass is 413 g/mol. The van der Waals surface area contributed by atoms with E-state index in [-0.39, 0.29) is 11.5 Å². The molecule has 7 heteroatoms. The van der Waals surface area contributed by atoms with Gasteiger partial charge in [-0.25, -0.2) is 9.97 Å². The lowest BCUT2D eigenvalue weighted by atomic mass is 10.0. The summed E-state index contributed by atoms with van der Waals surface area (Å²) in [6, 6.07) is 15.8. The van der Waals surface area contributed by atoms with Crippen molar-refractivity contribution in [3.8, 4) is 16.8 Å². The van der Waals surface area contributed by atoms with Crippen LogP contribution in [0.3, 0.4) is 0 Å². The summed E-state index contributed by atoms with van der Waals surface area (Å²) in [5.41, 5.74) is 10.8. The molecule has 2 aromatic carbocycles. The standard InChI is InChI=1S/C24H23N5O2/c1-16-8-9-29(20-5-3-19(4-6-20)28-10-12-31-13-11-28)23(30)22(16)17-2-7-21-18(14-17)15-26-24(25)27-21/h2-9,14-15H,10-13H2,1H3,(H2,25,26,27). The number of hydrogen-bond acceptors (Lipinski definition) is 6. The number of nitrogen functional groups attached to an aromatic ring is 1. The van der Waals surface area contributed by atoms with Crippen LogP contribution in [0.5, 0.6) is 0 Å². The molecule has 2 N–H and O–H groups in total. The van der Waals surface area contributed by atoms with Gasteiger partial charge in [0.2, 0.25) is 5.95 Å². The maximum atomic E-state index is 13.5. The molecule has 1 fully saturated rings. The zero-order valence-electron chi connectivity index (χ0n) is 17.3. The molecule has 0 unspecified atom stereocenters. The molecule has 3 heterocycles. The van der Waals surface area contributed by atoms with Crippen molar-refractivity contribution < 1.29 is 4.74 Å². The van der Waals surface area contributed by atoms with Crippen LogP contribution in [0.2, 0.25) is 0 Å². The lowest BCUT2D eigenvalue weighted by molar-refractivity contribution is 0.122. The van der Waals surface area contributed by atoms with E-state index in [4.69, 9.17) is 10.5 Å².